The second-order valence-electron chi connectivity index (χ2n) is 5.67. The van der Waals surface area contributed by atoms with Crippen LogP contribution in [0.25, 0.3) is 10.9 Å². The number of aromatic nitrogens is 1. The van der Waals surface area contributed by atoms with Gasteiger partial charge in [0.05, 0.1) is 7.11 Å². The summed E-state index contributed by atoms with van der Waals surface area (Å²) in [6.07, 6.45) is 1.39. The Balaban J connectivity index is 2.17. The van der Waals surface area contributed by atoms with Gasteiger partial charge in [0.2, 0.25) is 0 Å². The van der Waals surface area contributed by atoms with Gasteiger partial charge in [0.15, 0.2) is 0 Å². The lowest BCUT2D eigenvalue weighted by molar-refractivity contribution is 0.300. The number of nitrogens with one attached hydrogen (secondary N) is 1. The van der Waals surface area contributed by atoms with E-state index < -0.39 is 0 Å². The van der Waals surface area contributed by atoms with Crippen LogP contribution in [0.5, 0.6) is 5.75 Å². The van der Waals surface area contributed by atoms with E-state index in [-0.39, 0.29) is 6.61 Å². The van der Waals surface area contributed by atoms with Crippen LogP contribution in [-0.4, -0.2) is 23.8 Å². The van der Waals surface area contributed by atoms with Gasteiger partial charge in [0.1, 0.15) is 5.75 Å². The summed E-state index contributed by atoms with van der Waals surface area (Å²) in [6.45, 7) is 2.18. The van der Waals surface area contributed by atoms with Crippen molar-refractivity contribution in [2.75, 3.05) is 13.7 Å². The molecule has 2 N–H and O–H groups in total. The Hall–Kier alpha value is -1.97. The third-order valence-electron chi connectivity index (χ3n) is 4.22. The van der Waals surface area contributed by atoms with Crippen LogP contribution in [0.1, 0.15) is 22.4 Å². The molecule has 1 aromatic heterocycles. The van der Waals surface area contributed by atoms with Gasteiger partial charge in [-0.05, 0) is 48.7 Å². The van der Waals surface area contributed by atoms with Gasteiger partial charge in [-0.2, -0.15) is 0 Å². The first-order valence-electron chi connectivity index (χ1n) is 7.66. The Morgan fingerprint density at radius 2 is 1.83 bits per heavy atom. The van der Waals surface area contributed by atoms with Crippen molar-refractivity contribution >= 4 is 22.5 Å². The Morgan fingerprint density at radius 3 is 2.48 bits per heavy atom. The summed E-state index contributed by atoms with van der Waals surface area (Å²) in [6, 6.07) is 11.9. The first-order chi connectivity index (χ1) is 11.1. The van der Waals surface area contributed by atoms with Crippen LogP contribution in [0, 0.1) is 6.92 Å². The highest BCUT2D eigenvalue weighted by Crippen LogP contribution is 2.34. The van der Waals surface area contributed by atoms with E-state index >= 15 is 0 Å². The van der Waals surface area contributed by atoms with E-state index in [1.54, 1.807) is 7.11 Å². The predicted octanol–water partition coefficient (Wildman–Crippen LogP) is 4.26. The molecule has 0 aliphatic heterocycles. The van der Waals surface area contributed by atoms with Gasteiger partial charge in [-0.15, -0.1) is 0 Å². The fourth-order valence-corrected chi connectivity index (χ4v) is 3.27. The second kappa shape index (κ2) is 6.65. The first kappa shape index (κ1) is 15.9. The third-order valence-corrected chi connectivity index (χ3v) is 4.47. The summed E-state index contributed by atoms with van der Waals surface area (Å²) >= 11 is 5.98. The van der Waals surface area contributed by atoms with Crippen molar-refractivity contribution in [2.24, 2.45) is 0 Å². The van der Waals surface area contributed by atoms with Gasteiger partial charge in [-0.3, -0.25) is 0 Å². The number of H-pyrrole nitrogens is 1. The Kier molecular flexibility index (Phi) is 4.60. The number of aryl methyl sites for hydroxylation is 1. The molecule has 3 rings (SSSR count). The minimum absolute atomic E-state index is 0.130. The molecule has 0 radical (unpaired) electrons. The number of hydrogen-bond donors (Lipinski definition) is 2. The maximum atomic E-state index is 9.40. The van der Waals surface area contributed by atoms with Crippen molar-refractivity contribution in [2.45, 2.75) is 19.8 Å². The van der Waals surface area contributed by atoms with Crippen molar-refractivity contribution in [3.8, 4) is 5.75 Å². The number of halogens is 1. The molecule has 0 amide bonds. The molecule has 120 valence electrons. The lowest BCUT2D eigenvalue weighted by Crippen LogP contribution is -1.98. The fraction of sp³-hybridized carbons (Fsp3) is 0.263. The van der Waals surface area contributed by atoms with E-state index in [9.17, 15) is 5.11 Å². The Labute approximate surface area is 140 Å². The molecule has 2 aromatic carbocycles. The van der Waals surface area contributed by atoms with Gasteiger partial charge in [-0.1, -0.05) is 23.7 Å². The molecule has 0 spiro atoms. The predicted molar refractivity (Wildman–Crippen MR) is 94.6 cm³/mol. The molecular weight excluding hydrogens is 310 g/mol. The summed E-state index contributed by atoms with van der Waals surface area (Å²) < 4.78 is 5.59. The molecule has 3 nitrogen and oxygen atoms in total. The maximum absolute atomic E-state index is 9.40. The van der Waals surface area contributed by atoms with Crippen molar-refractivity contribution in [3.63, 3.8) is 0 Å². The summed E-state index contributed by atoms with van der Waals surface area (Å²) in [4.78, 5) is 3.41. The number of rotatable bonds is 5. The van der Waals surface area contributed by atoms with Crippen LogP contribution in [0.15, 0.2) is 36.4 Å². The van der Waals surface area contributed by atoms with Crippen LogP contribution in [0.2, 0.25) is 5.02 Å². The maximum Gasteiger partial charge on any atom is 0.123 e. The second-order valence-corrected chi connectivity index (χ2v) is 6.11. The van der Waals surface area contributed by atoms with Crippen LogP contribution >= 0.6 is 11.6 Å². The first-order valence-corrected chi connectivity index (χ1v) is 8.04. The molecule has 0 atom stereocenters. The Bertz CT molecular complexity index is 821. The van der Waals surface area contributed by atoms with Crippen LogP contribution in [0.3, 0.4) is 0 Å². The molecule has 0 fully saturated rings. The van der Waals surface area contributed by atoms with Crippen LogP contribution in [0.4, 0.5) is 0 Å². The highest BCUT2D eigenvalue weighted by atomic mass is 35.5. The quantitative estimate of drug-likeness (QED) is 0.734. The zero-order valence-electron chi connectivity index (χ0n) is 13.3. The highest BCUT2D eigenvalue weighted by molar-refractivity contribution is 6.30. The molecule has 23 heavy (non-hydrogen) atoms. The summed E-state index contributed by atoms with van der Waals surface area (Å²) in [5, 5.41) is 11.3. The molecule has 0 unspecified atom stereocenters. The fourth-order valence-electron chi connectivity index (χ4n) is 3.14. The minimum Gasteiger partial charge on any atom is -0.496 e. The summed E-state index contributed by atoms with van der Waals surface area (Å²) in [5.74, 6) is 0.866. The summed E-state index contributed by atoms with van der Waals surface area (Å²) in [7, 11) is 1.69. The smallest absolute Gasteiger partial charge is 0.123 e. The standard InChI is InChI=1S/C19H20ClNO2/c1-12-15(9-10-22)19-16(11-13-3-5-14(20)6-4-13)18(23-2)8-7-17(19)21-12/h3-8,21-22H,9-11H2,1-2H3. The molecule has 4 heteroatoms. The van der Waals surface area contributed by atoms with E-state index in [4.69, 9.17) is 16.3 Å². The SMILES string of the molecule is COc1ccc2[nH]c(C)c(CCO)c2c1Cc1ccc(Cl)cc1. The van der Waals surface area contributed by atoms with E-state index in [2.05, 4.69) is 4.98 Å². The van der Waals surface area contributed by atoms with E-state index in [1.165, 1.54) is 5.56 Å². The molecule has 0 saturated carbocycles. The summed E-state index contributed by atoms with van der Waals surface area (Å²) in [5.41, 5.74) is 5.65. The topological polar surface area (TPSA) is 45.2 Å². The molecule has 0 aliphatic carbocycles. The number of hydrogen-bond acceptors (Lipinski definition) is 2. The lowest BCUT2D eigenvalue weighted by Gasteiger charge is -2.12. The number of benzene rings is 2. The number of aromatic amines is 1. The molecule has 0 aliphatic rings. The van der Waals surface area contributed by atoms with E-state index in [1.807, 2.05) is 43.3 Å². The number of fused-ring (bicyclic) bond motifs is 1. The number of ether oxygens (including phenoxy) is 1. The van der Waals surface area contributed by atoms with Crippen molar-refractivity contribution < 1.29 is 9.84 Å². The Morgan fingerprint density at radius 1 is 1.09 bits per heavy atom. The van der Waals surface area contributed by atoms with E-state index in [0.29, 0.717) is 6.42 Å². The molecule has 0 bridgehead atoms. The largest absolute Gasteiger partial charge is 0.496 e. The average molecular weight is 330 g/mol. The van der Waals surface area contributed by atoms with E-state index in [0.717, 1.165) is 44.9 Å². The van der Waals surface area contributed by atoms with Gasteiger partial charge in [-0.25, -0.2) is 0 Å². The van der Waals surface area contributed by atoms with Crippen LogP contribution in [-0.2, 0) is 12.8 Å². The molecular formula is C19H20ClNO2. The zero-order valence-corrected chi connectivity index (χ0v) is 14.1. The highest BCUT2D eigenvalue weighted by Gasteiger charge is 2.16. The molecule has 3 aromatic rings. The van der Waals surface area contributed by atoms with Crippen LogP contribution < -0.4 is 4.74 Å². The van der Waals surface area contributed by atoms with Crippen molar-refractivity contribution in [3.05, 3.63) is 63.8 Å². The lowest BCUT2D eigenvalue weighted by atomic mass is 9.96. The number of aliphatic hydroxyl groups is 1. The van der Waals surface area contributed by atoms with Gasteiger partial charge < -0.3 is 14.8 Å². The van der Waals surface area contributed by atoms with Crippen molar-refractivity contribution in [1.29, 1.82) is 0 Å². The van der Waals surface area contributed by atoms with Crippen molar-refractivity contribution in [1.82, 2.24) is 4.98 Å². The number of methoxy groups -OCH3 is 1. The molecule has 0 saturated heterocycles. The normalized spacial score (nSPS) is 11.1. The minimum atomic E-state index is 0.130. The molecule has 1 heterocycles. The average Bonchev–Trinajstić information content (AvgIpc) is 2.86. The third kappa shape index (κ3) is 3.07. The zero-order chi connectivity index (χ0) is 16.4. The van der Waals surface area contributed by atoms with Gasteiger partial charge >= 0.3 is 0 Å². The van der Waals surface area contributed by atoms with Gasteiger partial charge in [0.25, 0.3) is 0 Å². The van der Waals surface area contributed by atoms with Gasteiger partial charge in [0, 0.05) is 40.2 Å². The number of aliphatic hydroxyl groups excluding tert-OH is 1. The monoisotopic (exact) mass is 329 g/mol.